The maximum atomic E-state index is 13.5. The Hall–Kier alpha value is -3.97. The SMILES string of the molecule is COc1ccc(N2C(=O)C(=O)/C(=C(\O)c3ccc(OC)c(C(C)C)c3)C2c2ccc(N(C)C)cc2)cc1Cl. The maximum Gasteiger partial charge on any atom is 0.300 e. The van der Waals surface area contributed by atoms with Gasteiger partial charge < -0.3 is 19.5 Å². The van der Waals surface area contributed by atoms with Crippen LogP contribution in [-0.4, -0.2) is 45.1 Å². The molecule has 4 rings (SSSR count). The van der Waals surface area contributed by atoms with Crippen molar-refractivity contribution in [3.8, 4) is 11.5 Å². The molecule has 7 nitrogen and oxygen atoms in total. The predicted molar refractivity (Wildman–Crippen MR) is 151 cm³/mol. The fourth-order valence-electron chi connectivity index (χ4n) is 4.66. The quantitative estimate of drug-likeness (QED) is 0.222. The summed E-state index contributed by atoms with van der Waals surface area (Å²) in [5, 5.41) is 11.8. The Morgan fingerprint density at radius 3 is 2.13 bits per heavy atom. The molecular formula is C30H31ClN2O5. The zero-order chi connectivity index (χ0) is 27.7. The lowest BCUT2D eigenvalue weighted by Crippen LogP contribution is -2.29. The minimum Gasteiger partial charge on any atom is -0.507 e. The summed E-state index contributed by atoms with van der Waals surface area (Å²) in [5.41, 5.74) is 3.33. The molecule has 1 fully saturated rings. The van der Waals surface area contributed by atoms with Crippen molar-refractivity contribution in [2.45, 2.75) is 25.8 Å². The molecule has 1 atom stereocenters. The number of nitrogens with zero attached hydrogens (tertiary/aromatic N) is 2. The largest absolute Gasteiger partial charge is 0.507 e. The van der Waals surface area contributed by atoms with E-state index in [0.717, 1.165) is 11.3 Å². The van der Waals surface area contributed by atoms with E-state index in [-0.39, 0.29) is 17.3 Å². The van der Waals surface area contributed by atoms with Crippen molar-refractivity contribution in [2.24, 2.45) is 0 Å². The molecule has 38 heavy (non-hydrogen) atoms. The number of methoxy groups -OCH3 is 2. The molecular weight excluding hydrogens is 504 g/mol. The van der Waals surface area contributed by atoms with Crippen LogP contribution in [0.5, 0.6) is 11.5 Å². The Kier molecular flexibility index (Phi) is 7.69. The summed E-state index contributed by atoms with van der Waals surface area (Å²) >= 11 is 6.39. The Morgan fingerprint density at radius 1 is 0.947 bits per heavy atom. The van der Waals surface area contributed by atoms with Gasteiger partial charge in [-0.3, -0.25) is 14.5 Å². The van der Waals surface area contributed by atoms with Gasteiger partial charge >= 0.3 is 0 Å². The molecule has 3 aromatic carbocycles. The lowest BCUT2D eigenvalue weighted by atomic mass is 9.93. The third-order valence-electron chi connectivity index (χ3n) is 6.71. The van der Waals surface area contributed by atoms with Gasteiger partial charge in [-0.1, -0.05) is 37.6 Å². The molecule has 1 amide bonds. The second-order valence-corrected chi connectivity index (χ2v) is 9.99. The highest BCUT2D eigenvalue weighted by atomic mass is 35.5. The van der Waals surface area contributed by atoms with Gasteiger partial charge in [-0.15, -0.1) is 0 Å². The van der Waals surface area contributed by atoms with E-state index >= 15 is 0 Å². The smallest absolute Gasteiger partial charge is 0.300 e. The van der Waals surface area contributed by atoms with Crippen molar-refractivity contribution < 1.29 is 24.2 Å². The van der Waals surface area contributed by atoms with E-state index in [0.29, 0.717) is 33.3 Å². The van der Waals surface area contributed by atoms with Crippen LogP contribution in [0.25, 0.3) is 5.76 Å². The number of ketones is 1. The number of ether oxygens (including phenoxy) is 2. The van der Waals surface area contributed by atoms with E-state index in [9.17, 15) is 14.7 Å². The van der Waals surface area contributed by atoms with Gasteiger partial charge in [-0.25, -0.2) is 0 Å². The number of hydrogen-bond donors (Lipinski definition) is 1. The molecule has 0 radical (unpaired) electrons. The van der Waals surface area contributed by atoms with E-state index in [4.69, 9.17) is 21.1 Å². The van der Waals surface area contributed by atoms with Crippen molar-refractivity contribution in [3.63, 3.8) is 0 Å². The molecule has 0 aromatic heterocycles. The van der Waals surface area contributed by atoms with E-state index in [1.165, 1.54) is 12.0 Å². The van der Waals surface area contributed by atoms with E-state index in [1.807, 2.05) is 57.1 Å². The van der Waals surface area contributed by atoms with E-state index in [2.05, 4.69) is 0 Å². The summed E-state index contributed by atoms with van der Waals surface area (Å²) in [4.78, 5) is 30.3. The first-order valence-electron chi connectivity index (χ1n) is 12.2. The normalized spacial score (nSPS) is 16.7. The summed E-state index contributed by atoms with van der Waals surface area (Å²) < 4.78 is 10.7. The van der Waals surface area contributed by atoms with Gasteiger partial charge in [0.05, 0.1) is 30.9 Å². The number of anilines is 2. The van der Waals surface area contributed by atoms with Gasteiger partial charge in [-0.2, -0.15) is 0 Å². The third kappa shape index (κ3) is 4.82. The molecule has 8 heteroatoms. The zero-order valence-corrected chi connectivity index (χ0v) is 23.0. The van der Waals surface area contributed by atoms with Crippen LogP contribution in [0.1, 0.15) is 42.5 Å². The van der Waals surface area contributed by atoms with Crippen molar-refractivity contribution in [2.75, 3.05) is 38.1 Å². The highest BCUT2D eigenvalue weighted by Crippen LogP contribution is 2.44. The highest BCUT2D eigenvalue weighted by Gasteiger charge is 2.47. The van der Waals surface area contributed by atoms with Crippen LogP contribution in [0.4, 0.5) is 11.4 Å². The average Bonchev–Trinajstić information content (AvgIpc) is 3.17. The Bertz CT molecular complexity index is 1410. The van der Waals surface area contributed by atoms with Crippen LogP contribution >= 0.6 is 11.6 Å². The molecule has 0 aliphatic carbocycles. The van der Waals surface area contributed by atoms with Crippen molar-refractivity contribution in [3.05, 3.63) is 87.9 Å². The van der Waals surface area contributed by atoms with Gasteiger partial charge in [0.1, 0.15) is 17.3 Å². The molecule has 1 aliphatic rings. The fourth-order valence-corrected chi connectivity index (χ4v) is 4.91. The van der Waals surface area contributed by atoms with Gasteiger partial charge in [0.15, 0.2) is 0 Å². The Morgan fingerprint density at radius 2 is 1.58 bits per heavy atom. The number of Topliss-reactive ketones (excluding diaryl/α,β-unsaturated/α-hetero) is 1. The molecule has 198 valence electrons. The number of aliphatic hydroxyl groups is 1. The molecule has 1 unspecified atom stereocenters. The van der Waals surface area contributed by atoms with Crippen LogP contribution in [-0.2, 0) is 9.59 Å². The van der Waals surface area contributed by atoms with Crippen LogP contribution in [0.2, 0.25) is 5.02 Å². The molecule has 1 heterocycles. The highest BCUT2D eigenvalue weighted by molar-refractivity contribution is 6.51. The van der Waals surface area contributed by atoms with E-state index < -0.39 is 17.7 Å². The second-order valence-electron chi connectivity index (χ2n) is 9.59. The number of hydrogen-bond acceptors (Lipinski definition) is 6. The summed E-state index contributed by atoms with van der Waals surface area (Å²) in [6, 6.07) is 16.8. The number of rotatable bonds is 7. The first kappa shape index (κ1) is 27.1. The average molecular weight is 535 g/mol. The maximum absolute atomic E-state index is 13.5. The molecule has 3 aromatic rings. The van der Waals surface area contributed by atoms with Gasteiger partial charge in [-0.05, 0) is 65.6 Å². The van der Waals surface area contributed by atoms with Gasteiger partial charge in [0, 0.05) is 31.0 Å². The monoisotopic (exact) mass is 534 g/mol. The Balaban J connectivity index is 1.94. The van der Waals surface area contributed by atoms with Crippen LogP contribution in [0.15, 0.2) is 66.2 Å². The standard InChI is InChI=1S/C30H31ClN2O5/c1-17(2)22-15-19(9-13-24(22)37-5)28(34)26-27(18-7-10-20(11-8-18)32(3)4)33(30(36)29(26)35)21-12-14-25(38-6)23(31)16-21/h7-17,27,34H,1-6H3/b28-26-. The third-order valence-corrected chi connectivity index (χ3v) is 7.00. The molecule has 1 aliphatic heterocycles. The minimum atomic E-state index is -0.875. The van der Waals surface area contributed by atoms with Crippen LogP contribution in [0.3, 0.4) is 0 Å². The predicted octanol–water partition coefficient (Wildman–Crippen LogP) is 6.17. The van der Waals surface area contributed by atoms with Crippen molar-refractivity contribution in [1.82, 2.24) is 0 Å². The second kappa shape index (κ2) is 10.8. The topological polar surface area (TPSA) is 79.3 Å². The molecule has 1 N–H and O–H groups in total. The number of carbonyl (C=O) groups is 2. The lowest BCUT2D eigenvalue weighted by Gasteiger charge is -2.26. The van der Waals surface area contributed by atoms with Gasteiger partial charge in [0.25, 0.3) is 11.7 Å². The van der Waals surface area contributed by atoms with Crippen molar-refractivity contribution in [1.29, 1.82) is 0 Å². The van der Waals surface area contributed by atoms with E-state index in [1.54, 1.807) is 43.5 Å². The zero-order valence-electron chi connectivity index (χ0n) is 22.3. The van der Waals surface area contributed by atoms with Gasteiger partial charge in [0.2, 0.25) is 0 Å². The van der Waals surface area contributed by atoms with Crippen LogP contribution < -0.4 is 19.3 Å². The first-order chi connectivity index (χ1) is 18.1. The fraction of sp³-hybridized carbons (Fsp3) is 0.267. The summed E-state index contributed by atoms with van der Waals surface area (Å²) in [5.74, 6) is -0.559. The minimum absolute atomic E-state index is 0.000540. The number of carbonyl (C=O) groups excluding carboxylic acids is 2. The molecule has 0 bridgehead atoms. The summed E-state index contributed by atoms with van der Waals surface area (Å²) in [7, 11) is 6.94. The lowest BCUT2D eigenvalue weighted by molar-refractivity contribution is -0.132. The molecule has 0 spiro atoms. The number of amides is 1. The van der Waals surface area contributed by atoms with Crippen LogP contribution in [0, 0.1) is 0 Å². The number of benzene rings is 3. The number of aliphatic hydroxyl groups excluding tert-OH is 1. The molecule has 0 saturated carbocycles. The summed E-state index contributed by atoms with van der Waals surface area (Å²) in [6.45, 7) is 4.03. The summed E-state index contributed by atoms with van der Waals surface area (Å²) in [6.07, 6.45) is 0. The molecule has 1 saturated heterocycles. The van der Waals surface area contributed by atoms with Crippen molar-refractivity contribution >= 4 is 40.4 Å². The first-order valence-corrected chi connectivity index (χ1v) is 12.6. The number of halogens is 1. The Labute approximate surface area is 227 Å².